The van der Waals surface area contributed by atoms with Crippen LogP contribution in [0.2, 0.25) is 0 Å². The molecule has 0 saturated carbocycles. The van der Waals surface area contributed by atoms with Crippen molar-refractivity contribution in [2.24, 2.45) is 17.6 Å². The molecule has 9 N–H and O–H groups in total. The fraction of sp³-hybridized carbons (Fsp3) is 0.386. The summed E-state index contributed by atoms with van der Waals surface area (Å²) < 4.78 is 0. The van der Waals surface area contributed by atoms with Gasteiger partial charge in [0.15, 0.2) is 0 Å². The molecule has 13 nitrogen and oxygen atoms in total. The lowest BCUT2D eigenvalue weighted by Crippen LogP contribution is -2.59. The van der Waals surface area contributed by atoms with Gasteiger partial charge in [-0.1, -0.05) is 131 Å². The van der Waals surface area contributed by atoms with Crippen molar-refractivity contribution in [2.75, 3.05) is 6.61 Å². The molecule has 5 amide bonds. The molecule has 4 aromatic carbocycles. The second-order valence-electron chi connectivity index (χ2n) is 15.1. The highest BCUT2D eigenvalue weighted by atomic mass is 16.4. The van der Waals surface area contributed by atoms with E-state index in [0.717, 1.165) is 27.5 Å². The maximum absolute atomic E-state index is 14.0. The lowest BCUT2D eigenvalue weighted by Gasteiger charge is -2.30. The highest BCUT2D eigenvalue weighted by Gasteiger charge is 2.33. The number of carboxylic acid groups (broad SMARTS) is 1. The normalized spacial score (nSPS) is 14.5. The van der Waals surface area contributed by atoms with Gasteiger partial charge in [-0.2, -0.15) is 0 Å². The van der Waals surface area contributed by atoms with Crippen LogP contribution in [0.1, 0.15) is 50.8 Å². The van der Waals surface area contributed by atoms with Gasteiger partial charge in [0.05, 0.1) is 12.6 Å². The minimum Gasteiger partial charge on any atom is -0.465 e. The average molecular weight is 781 g/mol. The van der Waals surface area contributed by atoms with Gasteiger partial charge in [-0.15, -0.1) is 0 Å². The number of carbonyl (C=O) groups excluding carboxylic acids is 4. The number of hydrogen-bond donors (Lipinski definition) is 8. The van der Waals surface area contributed by atoms with Gasteiger partial charge < -0.3 is 42.5 Å². The van der Waals surface area contributed by atoms with Crippen LogP contribution in [0.4, 0.5) is 4.79 Å². The molecule has 0 heterocycles. The Labute approximate surface area is 334 Å². The first-order chi connectivity index (χ1) is 27.2. The number of carbonyl (C=O) groups is 5. The minimum atomic E-state index is -1.38. The summed E-state index contributed by atoms with van der Waals surface area (Å²) in [4.78, 5) is 66.7. The van der Waals surface area contributed by atoms with E-state index in [1.807, 2.05) is 92.7 Å². The Morgan fingerprint density at radius 3 is 1.72 bits per heavy atom. The number of rotatable bonds is 20. The summed E-state index contributed by atoms with van der Waals surface area (Å²) in [6, 6.07) is 26.3. The van der Waals surface area contributed by atoms with E-state index in [0.29, 0.717) is 0 Å². The summed E-state index contributed by atoms with van der Waals surface area (Å²) >= 11 is 0. The Morgan fingerprint density at radius 1 is 0.579 bits per heavy atom. The summed E-state index contributed by atoms with van der Waals surface area (Å²) in [7, 11) is 0. The highest BCUT2D eigenvalue weighted by molar-refractivity contribution is 5.92. The highest BCUT2D eigenvalue weighted by Crippen LogP contribution is 2.20. The summed E-state index contributed by atoms with van der Waals surface area (Å²) in [6.45, 7) is 6.99. The number of aliphatic hydroxyl groups is 1. The monoisotopic (exact) mass is 780 g/mol. The van der Waals surface area contributed by atoms with Gasteiger partial charge in [-0.25, -0.2) is 4.79 Å². The Kier molecular flexibility index (Phi) is 16.6. The lowest BCUT2D eigenvalue weighted by atomic mass is 9.95. The van der Waals surface area contributed by atoms with E-state index < -0.39 is 71.9 Å². The van der Waals surface area contributed by atoms with Crippen LogP contribution < -0.4 is 32.3 Å². The molecule has 0 aliphatic carbocycles. The smallest absolute Gasteiger partial charge is 0.405 e. The van der Waals surface area contributed by atoms with Crippen LogP contribution in [-0.4, -0.2) is 82.8 Å². The molecular formula is C44H56N6O7. The molecule has 13 heteroatoms. The van der Waals surface area contributed by atoms with Gasteiger partial charge in [0.25, 0.3) is 0 Å². The number of aliphatic hydroxyl groups excluding tert-OH is 1. The first-order valence-corrected chi connectivity index (χ1v) is 19.4. The van der Waals surface area contributed by atoms with E-state index in [2.05, 4.69) is 26.6 Å². The van der Waals surface area contributed by atoms with Crippen molar-refractivity contribution in [1.29, 1.82) is 0 Å². The van der Waals surface area contributed by atoms with Crippen LogP contribution in [0.15, 0.2) is 103 Å². The van der Waals surface area contributed by atoms with E-state index >= 15 is 0 Å². The molecule has 0 radical (unpaired) electrons. The standard InChI is InChI=1S/C44H56N6O7/c1-27(2)38(26-51)48-41(53)37(24-32-20-13-19-31-18-11-12-21-33(31)32)46-39(52)25-34(45)35(22-29-14-7-5-8-15-29)47-43(55)40(28(3)4)50-42(54)36(49-44(56)57)23-30-16-9-6-10-17-30/h5-21,27-28,34-38,40,49,51H,22-26,45H2,1-4H3,(H,46,52)(H,47,55)(H,48,53)(H,50,54)(H,56,57)/t34-,35-,36-,37-,38+,40-/m0/s1. The maximum Gasteiger partial charge on any atom is 0.405 e. The summed E-state index contributed by atoms with van der Waals surface area (Å²) in [5, 5.41) is 35.1. The van der Waals surface area contributed by atoms with Gasteiger partial charge in [0.1, 0.15) is 18.1 Å². The molecule has 57 heavy (non-hydrogen) atoms. The summed E-state index contributed by atoms with van der Waals surface area (Å²) in [5.41, 5.74) is 9.15. The molecule has 0 spiro atoms. The second kappa shape index (κ2) is 21.5. The third-order valence-corrected chi connectivity index (χ3v) is 9.99. The molecule has 0 saturated heterocycles. The second-order valence-corrected chi connectivity index (χ2v) is 15.1. The van der Waals surface area contributed by atoms with Crippen molar-refractivity contribution in [3.8, 4) is 0 Å². The van der Waals surface area contributed by atoms with Crippen molar-refractivity contribution in [2.45, 2.75) is 89.6 Å². The zero-order chi connectivity index (χ0) is 41.5. The van der Waals surface area contributed by atoms with E-state index in [1.165, 1.54) is 0 Å². The zero-order valence-corrected chi connectivity index (χ0v) is 33.0. The third kappa shape index (κ3) is 13.4. The van der Waals surface area contributed by atoms with E-state index in [-0.39, 0.29) is 38.2 Å². The van der Waals surface area contributed by atoms with Crippen molar-refractivity contribution in [3.05, 3.63) is 120 Å². The van der Waals surface area contributed by atoms with Crippen LogP contribution in [0.25, 0.3) is 10.8 Å². The number of benzene rings is 4. The van der Waals surface area contributed by atoms with Crippen molar-refractivity contribution in [1.82, 2.24) is 26.6 Å². The van der Waals surface area contributed by atoms with Crippen LogP contribution in [0.5, 0.6) is 0 Å². The molecular weight excluding hydrogens is 725 g/mol. The number of nitrogens with one attached hydrogen (secondary N) is 5. The maximum atomic E-state index is 14.0. The molecule has 6 atom stereocenters. The number of hydrogen-bond acceptors (Lipinski definition) is 7. The summed E-state index contributed by atoms with van der Waals surface area (Å²) in [6.07, 6.45) is -1.14. The third-order valence-electron chi connectivity index (χ3n) is 9.99. The Hall–Kier alpha value is -5.79. The van der Waals surface area contributed by atoms with Crippen LogP contribution in [0, 0.1) is 11.8 Å². The number of nitrogens with two attached hydrogens (primary N) is 1. The molecule has 0 aromatic heterocycles. The van der Waals surface area contributed by atoms with Gasteiger partial charge >= 0.3 is 6.09 Å². The molecule has 4 aromatic rings. The molecule has 4 rings (SSSR count). The van der Waals surface area contributed by atoms with E-state index in [4.69, 9.17) is 5.73 Å². The number of amides is 5. The fourth-order valence-corrected chi connectivity index (χ4v) is 6.66. The van der Waals surface area contributed by atoms with Gasteiger partial charge in [-0.05, 0) is 45.7 Å². The van der Waals surface area contributed by atoms with Crippen LogP contribution in [0.3, 0.4) is 0 Å². The average Bonchev–Trinajstić information content (AvgIpc) is 3.18. The van der Waals surface area contributed by atoms with E-state index in [1.54, 1.807) is 38.1 Å². The SMILES string of the molecule is CC(C)[C@H](NC(=O)[C@H](Cc1ccccc1)NC(=O)O)C(=O)N[C@@H](Cc1ccccc1)[C@@H](N)CC(=O)N[C@@H](Cc1cccc2ccccc12)C(=O)N[C@H](CO)C(C)C. The molecule has 304 valence electrons. The van der Waals surface area contributed by atoms with Crippen molar-refractivity contribution < 1.29 is 34.2 Å². The Bertz CT molecular complexity index is 1940. The number of fused-ring (bicyclic) bond motifs is 1. The van der Waals surface area contributed by atoms with Crippen molar-refractivity contribution >= 4 is 40.5 Å². The fourth-order valence-electron chi connectivity index (χ4n) is 6.66. The molecule has 0 aliphatic rings. The molecule has 0 aliphatic heterocycles. The van der Waals surface area contributed by atoms with Crippen molar-refractivity contribution in [3.63, 3.8) is 0 Å². The molecule has 0 unspecified atom stereocenters. The zero-order valence-electron chi connectivity index (χ0n) is 33.0. The first kappa shape index (κ1) is 43.9. The first-order valence-electron chi connectivity index (χ1n) is 19.4. The largest absolute Gasteiger partial charge is 0.465 e. The Morgan fingerprint density at radius 2 is 1.12 bits per heavy atom. The van der Waals surface area contributed by atoms with Crippen LogP contribution in [-0.2, 0) is 38.4 Å². The molecule has 0 fully saturated rings. The molecule has 0 bridgehead atoms. The Balaban J connectivity index is 1.54. The van der Waals surface area contributed by atoms with E-state index in [9.17, 15) is 34.2 Å². The minimum absolute atomic E-state index is 0.0636. The predicted molar refractivity (Wildman–Crippen MR) is 220 cm³/mol. The van der Waals surface area contributed by atoms with Gasteiger partial charge in [0.2, 0.25) is 23.6 Å². The van der Waals surface area contributed by atoms with Gasteiger partial charge in [0, 0.05) is 31.3 Å². The summed E-state index contributed by atoms with van der Waals surface area (Å²) in [5.74, 6) is -2.67. The quantitative estimate of drug-likeness (QED) is 0.0664. The van der Waals surface area contributed by atoms with Crippen LogP contribution >= 0.6 is 0 Å². The lowest BCUT2D eigenvalue weighted by molar-refractivity contribution is -0.131. The topological polar surface area (TPSA) is 212 Å². The predicted octanol–water partition coefficient (Wildman–Crippen LogP) is 3.46. The van der Waals surface area contributed by atoms with Gasteiger partial charge in [-0.3, -0.25) is 19.2 Å².